The highest BCUT2D eigenvalue weighted by molar-refractivity contribution is 5.80. The Morgan fingerprint density at radius 1 is 1.22 bits per heavy atom. The van der Waals surface area contributed by atoms with E-state index in [-0.39, 0.29) is 11.9 Å². The molecule has 0 radical (unpaired) electrons. The van der Waals surface area contributed by atoms with Crippen LogP contribution in [-0.4, -0.2) is 49.8 Å². The molecule has 1 aromatic heterocycles. The summed E-state index contributed by atoms with van der Waals surface area (Å²) in [4.78, 5) is 14.8. The average molecular weight is 372 g/mol. The van der Waals surface area contributed by atoms with Gasteiger partial charge in [-0.15, -0.1) is 0 Å². The van der Waals surface area contributed by atoms with Gasteiger partial charge in [0.25, 0.3) is 5.91 Å². The van der Waals surface area contributed by atoms with E-state index in [1.165, 1.54) is 5.56 Å². The standard InChI is InChI=1S/C21H28N2O4/c1-3-17-6-8-18(9-7-17)27-16(2)21(24)22-15-19(20-5-4-12-26-20)23-10-13-25-14-11-23/h4-9,12,16,19H,3,10-11,13-15H2,1-2H3,(H,22,24)/t16-,19+/m0/s1. The van der Waals surface area contributed by atoms with Crippen LogP contribution in [0.3, 0.4) is 0 Å². The van der Waals surface area contributed by atoms with Crippen molar-refractivity contribution in [3.63, 3.8) is 0 Å². The van der Waals surface area contributed by atoms with Crippen LogP contribution in [0.5, 0.6) is 5.75 Å². The molecule has 1 fully saturated rings. The number of benzene rings is 1. The van der Waals surface area contributed by atoms with Crippen molar-refractivity contribution in [2.75, 3.05) is 32.8 Å². The first-order chi connectivity index (χ1) is 13.2. The minimum absolute atomic E-state index is 0.0103. The maximum atomic E-state index is 12.5. The van der Waals surface area contributed by atoms with Crippen molar-refractivity contribution in [2.24, 2.45) is 0 Å². The Hall–Kier alpha value is -2.31. The number of ether oxygens (including phenoxy) is 2. The summed E-state index contributed by atoms with van der Waals surface area (Å²) in [6, 6.07) is 11.7. The molecule has 2 heterocycles. The number of carbonyl (C=O) groups excluding carboxylic acids is 1. The Kier molecular flexibility index (Phi) is 6.90. The highest BCUT2D eigenvalue weighted by atomic mass is 16.5. The van der Waals surface area contributed by atoms with Crippen molar-refractivity contribution < 1.29 is 18.7 Å². The van der Waals surface area contributed by atoms with Crippen LogP contribution in [0.1, 0.15) is 31.2 Å². The molecule has 2 atom stereocenters. The van der Waals surface area contributed by atoms with Gasteiger partial charge < -0.3 is 19.2 Å². The van der Waals surface area contributed by atoms with Crippen LogP contribution >= 0.6 is 0 Å². The summed E-state index contributed by atoms with van der Waals surface area (Å²) in [6.45, 7) is 7.36. The third-order valence-corrected chi connectivity index (χ3v) is 4.84. The van der Waals surface area contributed by atoms with Crippen LogP contribution in [0.25, 0.3) is 0 Å². The first kappa shape index (κ1) is 19.5. The summed E-state index contributed by atoms with van der Waals surface area (Å²) in [5.74, 6) is 1.41. The number of nitrogens with zero attached hydrogens (tertiary/aromatic N) is 1. The molecule has 3 rings (SSSR count). The lowest BCUT2D eigenvalue weighted by molar-refractivity contribution is -0.127. The van der Waals surface area contributed by atoms with E-state index in [2.05, 4.69) is 17.1 Å². The van der Waals surface area contributed by atoms with Gasteiger partial charge in [0.05, 0.1) is 25.5 Å². The van der Waals surface area contributed by atoms with Crippen molar-refractivity contribution in [3.05, 3.63) is 54.0 Å². The molecule has 6 heteroatoms. The fourth-order valence-electron chi connectivity index (χ4n) is 3.18. The molecule has 27 heavy (non-hydrogen) atoms. The Morgan fingerprint density at radius 3 is 2.59 bits per heavy atom. The van der Waals surface area contributed by atoms with Gasteiger partial charge in [0.1, 0.15) is 11.5 Å². The lowest BCUT2D eigenvalue weighted by Gasteiger charge is -2.33. The molecule has 1 saturated heterocycles. The number of nitrogens with one attached hydrogen (secondary N) is 1. The number of hydrogen-bond donors (Lipinski definition) is 1. The second kappa shape index (κ2) is 9.58. The van der Waals surface area contributed by atoms with E-state index in [9.17, 15) is 4.79 Å². The summed E-state index contributed by atoms with van der Waals surface area (Å²) < 4.78 is 16.8. The fourth-order valence-corrected chi connectivity index (χ4v) is 3.18. The summed E-state index contributed by atoms with van der Waals surface area (Å²) in [7, 11) is 0. The monoisotopic (exact) mass is 372 g/mol. The third-order valence-electron chi connectivity index (χ3n) is 4.84. The van der Waals surface area contributed by atoms with Gasteiger partial charge in [-0.3, -0.25) is 9.69 Å². The van der Waals surface area contributed by atoms with Crippen LogP contribution in [0.4, 0.5) is 0 Å². The second-order valence-corrected chi connectivity index (χ2v) is 6.68. The van der Waals surface area contributed by atoms with Gasteiger partial charge in [-0.1, -0.05) is 19.1 Å². The Bertz CT molecular complexity index is 693. The number of rotatable bonds is 8. The van der Waals surface area contributed by atoms with Gasteiger partial charge >= 0.3 is 0 Å². The van der Waals surface area contributed by atoms with Crippen LogP contribution < -0.4 is 10.1 Å². The zero-order chi connectivity index (χ0) is 19.1. The van der Waals surface area contributed by atoms with Gasteiger partial charge in [-0.2, -0.15) is 0 Å². The molecular formula is C21H28N2O4. The van der Waals surface area contributed by atoms with Gasteiger partial charge in [-0.25, -0.2) is 0 Å². The molecule has 1 amide bonds. The first-order valence-corrected chi connectivity index (χ1v) is 9.56. The number of aryl methyl sites for hydroxylation is 1. The highest BCUT2D eigenvalue weighted by Gasteiger charge is 2.26. The van der Waals surface area contributed by atoms with E-state index in [0.29, 0.717) is 25.5 Å². The molecular weight excluding hydrogens is 344 g/mol. The molecule has 146 valence electrons. The van der Waals surface area contributed by atoms with E-state index < -0.39 is 6.10 Å². The molecule has 6 nitrogen and oxygen atoms in total. The fraction of sp³-hybridized carbons (Fsp3) is 0.476. The molecule has 0 saturated carbocycles. The highest BCUT2D eigenvalue weighted by Crippen LogP contribution is 2.22. The number of amides is 1. The Balaban J connectivity index is 1.56. The van der Waals surface area contributed by atoms with Crippen molar-refractivity contribution in [1.29, 1.82) is 0 Å². The zero-order valence-corrected chi connectivity index (χ0v) is 16.0. The van der Waals surface area contributed by atoms with Crippen molar-refractivity contribution in [3.8, 4) is 5.75 Å². The van der Waals surface area contributed by atoms with Crippen molar-refractivity contribution >= 4 is 5.91 Å². The molecule has 2 aromatic rings. The summed E-state index contributed by atoms with van der Waals surface area (Å²) in [5, 5.41) is 3.00. The first-order valence-electron chi connectivity index (χ1n) is 9.56. The molecule has 1 aliphatic heterocycles. The Morgan fingerprint density at radius 2 is 1.96 bits per heavy atom. The minimum atomic E-state index is -0.570. The number of furan rings is 1. The van der Waals surface area contributed by atoms with Crippen LogP contribution in [0.2, 0.25) is 0 Å². The summed E-state index contributed by atoms with van der Waals surface area (Å²) >= 11 is 0. The molecule has 1 aromatic carbocycles. The topological polar surface area (TPSA) is 63.9 Å². The van der Waals surface area contributed by atoms with Crippen molar-refractivity contribution in [1.82, 2.24) is 10.2 Å². The van der Waals surface area contributed by atoms with E-state index >= 15 is 0 Å². The van der Waals surface area contributed by atoms with Crippen LogP contribution in [0, 0.1) is 0 Å². The second-order valence-electron chi connectivity index (χ2n) is 6.68. The molecule has 1 aliphatic rings. The van der Waals surface area contributed by atoms with E-state index in [4.69, 9.17) is 13.9 Å². The third kappa shape index (κ3) is 5.34. The zero-order valence-electron chi connectivity index (χ0n) is 16.0. The van der Waals surface area contributed by atoms with Crippen LogP contribution in [-0.2, 0) is 16.0 Å². The quantitative estimate of drug-likeness (QED) is 0.772. The Labute approximate surface area is 160 Å². The number of carbonyl (C=O) groups is 1. The predicted octanol–water partition coefficient (Wildman–Crippen LogP) is 2.80. The minimum Gasteiger partial charge on any atom is -0.481 e. The van der Waals surface area contributed by atoms with Gasteiger partial charge in [-0.05, 0) is 43.2 Å². The summed E-state index contributed by atoms with van der Waals surface area (Å²) in [6.07, 6.45) is 2.07. The van der Waals surface area contributed by atoms with E-state index in [0.717, 1.165) is 25.3 Å². The lowest BCUT2D eigenvalue weighted by atomic mass is 10.1. The number of hydrogen-bond acceptors (Lipinski definition) is 5. The van der Waals surface area contributed by atoms with Gasteiger partial charge in [0, 0.05) is 19.6 Å². The predicted molar refractivity (Wildman–Crippen MR) is 103 cm³/mol. The SMILES string of the molecule is CCc1ccc(O[C@@H](C)C(=O)NC[C@H](c2ccco2)N2CCOCC2)cc1. The maximum absolute atomic E-state index is 12.5. The number of morpholine rings is 1. The smallest absolute Gasteiger partial charge is 0.260 e. The van der Waals surface area contributed by atoms with Crippen molar-refractivity contribution in [2.45, 2.75) is 32.4 Å². The van der Waals surface area contributed by atoms with Gasteiger partial charge in [0.2, 0.25) is 0 Å². The molecule has 0 bridgehead atoms. The largest absolute Gasteiger partial charge is 0.481 e. The molecule has 1 N–H and O–H groups in total. The van der Waals surface area contributed by atoms with Crippen LogP contribution in [0.15, 0.2) is 47.1 Å². The maximum Gasteiger partial charge on any atom is 0.260 e. The molecule has 0 spiro atoms. The molecule has 0 unspecified atom stereocenters. The normalized spacial score (nSPS) is 17.3. The van der Waals surface area contributed by atoms with E-state index in [1.54, 1.807) is 13.2 Å². The lowest BCUT2D eigenvalue weighted by Crippen LogP contribution is -2.45. The summed E-state index contributed by atoms with van der Waals surface area (Å²) in [5.41, 5.74) is 1.24. The molecule has 0 aliphatic carbocycles. The van der Waals surface area contributed by atoms with E-state index in [1.807, 2.05) is 36.4 Å². The average Bonchev–Trinajstić information content (AvgIpc) is 3.24. The van der Waals surface area contributed by atoms with Gasteiger partial charge in [0.15, 0.2) is 6.10 Å².